The molecule has 0 aromatic rings. The van der Waals surface area contributed by atoms with E-state index in [0.29, 0.717) is 43.2 Å². The molecule has 0 saturated heterocycles. The van der Waals surface area contributed by atoms with Gasteiger partial charge in [-0.3, -0.25) is 14.4 Å². The van der Waals surface area contributed by atoms with Crippen LogP contribution in [0.4, 0.5) is 0 Å². The molecule has 0 amide bonds. The molecule has 1 fully saturated rings. The quantitative estimate of drug-likeness (QED) is 0.256. The van der Waals surface area contributed by atoms with Crippen LogP contribution in [0.1, 0.15) is 46.0 Å². The van der Waals surface area contributed by atoms with Crippen LogP contribution >= 0.6 is 23.4 Å². The van der Waals surface area contributed by atoms with Crippen molar-refractivity contribution >= 4 is 34.9 Å². The molecule has 1 aliphatic carbocycles. The summed E-state index contributed by atoms with van der Waals surface area (Å²) in [6.07, 6.45) is 6.96. The number of rotatable bonds is 11. The van der Waals surface area contributed by atoms with Crippen LogP contribution in [-0.2, 0) is 14.4 Å². The molecule has 136 valence electrons. The summed E-state index contributed by atoms with van der Waals surface area (Å²) in [6, 6.07) is 0. The van der Waals surface area contributed by atoms with Gasteiger partial charge >= 0.3 is 0 Å². The number of halogens is 1. The fourth-order valence-corrected chi connectivity index (χ4v) is 3.87. The van der Waals surface area contributed by atoms with Gasteiger partial charge in [0.25, 0.3) is 0 Å². The molecule has 1 saturated carbocycles. The second kappa shape index (κ2) is 12.7. The van der Waals surface area contributed by atoms with Gasteiger partial charge in [0.15, 0.2) is 11.6 Å². The average Bonchev–Trinajstić information content (AvgIpc) is 2.52. The van der Waals surface area contributed by atoms with Crippen molar-refractivity contribution in [3.8, 4) is 0 Å². The summed E-state index contributed by atoms with van der Waals surface area (Å²) in [4.78, 5) is 29.6. The lowest BCUT2D eigenvalue weighted by molar-refractivity contribution is -0.125. The zero-order valence-electron chi connectivity index (χ0n) is 14.6. The van der Waals surface area contributed by atoms with E-state index in [0.717, 1.165) is 18.6 Å². The van der Waals surface area contributed by atoms with Crippen molar-refractivity contribution < 1.29 is 14.4 Å². The molecule has 6 heteroatoms. The second-order valence-corrected chi connectivity index (χ2v) is 7.92. The minimum absolute atomic E-state index is 0.0152. The number of thioether (sulfide) groups is 1. The second-order valence-electron chi connectivity index (χ2n) is 5.95. The molecule has 1 aliphatic rings. The third-order valence-electron chi connectivity index (χ3n) is 3.87. The average molecular weight is 374 g/mol. The lowest BCUT2D eigenvalue weighted by Gasteiger charge is -2.24. The number of hydroxylamine groups is 1. The minimum Gasteiger partial charge on any atom is -0.298 e. The maximum Gasteiger partial charge on any atom is 0.166 e. The summed E-state index contributed by atoms with van der Waals surface area (Å²) < 4.78 is 0. The fraction of sp³-hybridized carbons (Fsp3) is 0.667. The maximum atomic E-state index is 12.2. The Morgan fingerprint density at radius 3 is 2.71 bits per heavy atom. The molecule has 0 aliphatic heterocycles. The fourth-order valence-electron chi connectivity index (χ4n) is 2.82. The van der Waals surface area contributed by atoms with E-state index in [9.17, 15) is 9.59 Å². The summed E-state index contributed by atoms with van der Waals surface area (Å²) in [6.45, 7) is 5.38. The topological polar surface area (TPSA) is 55.4 Å². The number of hydrogen-bond acceptors (Lipinski definition) is 5. The molecule has 1 rings (SSSR count). The number of unbranched alkanes of at least 4 members (excludes halogenated alkanes) is 1. The van der Waals surface area contributed by atoms with Crippen LogP contribution in [0.25, 0.3) is 0 Å². The molecule has 24 heavy (non-hydrogen) atoms. The van der Waals surface area contributed by atoms with Crippen molar-refractivity contribution in [1.29, 1.82) is 0 Å². The van der Waals surface area contributed by atoms with Crippen LogP contribution in [0.5, 0.6) is 0 Å². The van der Waals surface area contributed by atoms with Crippen molar-refractivity contribution in [3.63, 3.8) is 0 Å². The van der Waals surface area contributed by atoms with Crippen LogP contribution < -0.4 is 5.48 Å². The molecular formula is C18H28ClNO3S. The van der Waals surface area contributed by atoms with Gasteiger partial charge in [0, 0.05) is 30.2 Å². The van der Waals surface area contributed by atoms with Gasteiger partial charge in [-0.2, -0.15) is 11.8 Å². The number of nitrogens with one attached hydrogen (secondary N) is 1. The van der Waals surface area contributed by atoms with E-state index in [1.807, 2.05) is 11.8 Å². The SMILES string of the molecule is CCSC(C)CC1CC(=O)C(=CCCCNOC/C=C/Cl)C(=O)C1. The Kier molecular flexibility index (Phi) is 11.3. The Labute approximate surface area is 154 Å². The lowest BCUT2D eigenvalue weighted by Crippen LogP contribution is -2.27. The van der Waals surface area contributed by atoms with Gasteiger partial charge in [-0.05, 0) is 37.0 Å². The van der Waals surface area contributed by atoms with Crippen molar-refractivity contribution in [2.24, 2.45) is 5.92 Å². The molecule has 0 bridgehead atoms. The first-order valence-corrected chi connectivity index (χ1v) is 10.0. The van der Waals surface area contributed by atoms with Crippen molar-refractivity contribution in [2.45, 2.75) is 51.2 Å². The highest BCUT2D eigenvalue weighted by Crippen LogP contribution is 2.30. The normalized spacial score (nSPS) is 20.0. The molecular weight excluding hydrogens is 346 g/mol. The summed E-state index contributed by atoms with van der Waals surface area (Å²) in [5, 5.41) is 0.505. The molecule has 1 unspecified atom stereocenters. The van der Waals surface area contributed by atoms with Gasteiger partial charge in [0.2, 0.25) is 0 Å². The molecule has 0 spiro atoms. The van der Waals surface area contributed by atoms with E-state index < -0.39 is 0 Å². The number of Topliss-reactive ketones (excluding diaryl/α,β-unsaturated/α-hetero) is 2. The van der Waals surface area contributed by atoms with Crippen molar-refractivity contribution in [2.75, 3.05) is 18.9 Å². The summed E-state index contributed by atoms with van der Waals surface area (Å²) >= 11 is 7.26. The highest BCUT2D eigenvalue weighted by molar-refractivity contribution is 7.99. The first-order chi connectivity index (χ1) is 11.6. The maximum absolute atomic E-state index is 12.2. The van der Waals surface area contributed by atoms with Crippen LogP contribution in [0.15, 0.2) is 23.3 Å². The molecule has 0 heterocycles. The zero-order valence-corrected chi connectivity index (χ0v) is 16.1. The molecule has 4 nitrogen and oxygen atoms in total. The smallest absolute Gasteiger partial charge is 0.166 e. The monoisotopic (exact) mass is 373 g/mol. The van der Waals surface area contributed by atoms with Crippen molar-refractivity contribution in [1.82, 2.24) is 5.48 Å². The minimum atomic E-state index is 0.0152. The lowest BCUT2D eigenvalue weighted by atomic mass is 9.81. The Balaban J connectivity index is 2.31. The summed E-state index contributed by atoms with van der Waals surface area (Å²) in [7, 11) is 0. The van der Waals surface area contributed by atoms with E-state index in [4.69, 9.17) is 16.4 Å². The van der Waals surface area contributed by atoms with Gasteiger partial charge in [0.1, 0.15) is 0 Å². The van der Waals surface area contributed by atoms with Gasteiger partial charge < -0.3 is 0 Å². The number of hydrogen-bond donors (Lipinski definition) is 1. The number of ketones is 2. The summed E-state index contributed by atoms with van der Waals surface area (Å²) in [5.41, 5.74) is 4.62. The van der Waals surface area contributed by atoms with Crippen LogP contribution in [0, 0.1) is 5.92 Å². The number of allylic oxidation sites excluding steroid dienone is 2. The third kappa shape index (κ3) is 8.47. The van der Waals surface area contributed by atoms with Gasteiger partial charge in [-0.15, -0.1) is 0 Å². The highest BCUT2D eigenvalue weighted by atomic mass is 35.5. The Hall–Kier alpha value is -0.620. The van der Waals surface area contributed by atoms with Crippen LogP contribution in [-0.4, -0.2) is 35.7 Å². The van der Waals surface area contributed by atoms with Crippen molar-refractivity contribution in [3.05, 3.63) is 23.3 Å². The first-order valence-electron chi connectivity index (χ1n) is 8.56. The molecule has 0 aromatic heterocycles. The highest BCUT2D eigenvalue weighted by Gasteiger charge is 2.30. The van der Waals surface area contributed by atoms with Gasteiger partial charge in [-0.1, -0.05) is 31.5 Å². The first kappa shape index (κ1) is 21.4. The molecule has 1 atom stereocenters. The van der Waals surface area contributed by atoms with Gasteiger partial charge in [0.05, 0.1) is 12.2 Å². The Bertz CT molecular complexity index is 445. The van der Waals surface area contributed by atoms with E-state index in [1.165, 1.54) is 5.54 Å². The van der Waals surface area contributed by atoms with E-state index >= 15 is 0 Å². The Morgan fingerprint density at radius 2 is 2.08 bits per heavy atom. The number of carbonyl (C=O) groups excluding carboxylic acids is 2. The third-order valence-corrected chi connectivity index (χ3v) is 5.14. The standard InChI is InChI=1S/C18H28ClNO3S/c1-3-24-14(2)11-15-12-17(21)16(18(22)13-15)7-4-5-9-20-23-10-6-8-19/h6-8,14-15,20H,3-5,9-13H2,1-2H3/b8-6+,16-7?. The van der Waals surface area contributed by atoms with E-state index in [-0.39, 0.29) is 17.5 Å². The molecule has 0 radical (unpaired) electrons. The van der Waals surface area contributed by atoms with Gasteiger partial charge in [-0.25, -0.2) is 5.48 Å². The zero-order chi connectivity index (χ0) is 17.8. The van der Waals surface area contributed by atoms with Crippen LogP contribution in [0.2, 0.25) is 0 Å². The Morgan fingerprint density at radius 1 is 1.38 bits per heavy atom. The largest absolute Gasteiger partial charge is 0.298 e. The van der Waals surface area contributed by atoms with E-state index in [1.54, 1.807) is 12.2 Å². The van der Waals surface area contributed by atoms with E-state index in [2.05, 4.69) is 19.3 Å². The predicted octanol–water partition coefficient (Wildman–Crippen LogP) is 4.05. The van der Waals surface area contributed by atoms with Crippen LogP contribution in [0.3, 0.4) is 0 Å². The molecule has 1 N–H and O–H groups in total. The molecule has 0 aromatic carbocycles. The predicted molar refractivity (Wildman–Crippen MR) is 101 cm³/mol. The number of carbonyl (C=O) groups is 2. The summed E-state index contributed by atoms with van der Waals surface area (Å²) in [5.74, 6) is 1.31.